The molecule has 0 fully saturated rings. The van der Waals surface area contributed by atoms with E-state index in [2.05, 4.69) is 6.92 Å². The molecule has 2 heterocycles. The van der Waals surface area contributed by atoms with Crippen molar-refractivity contribution >= 4 is 32.6 Å². The summed E-state index contributed by atoms with van der Waals surface area (Å²) in [6.07, 6.45) is 4.78. The Balaban J connectivity index is 1.59. The Labute approximate surface area is 183 Å². The third kappa shape index (κ3) is 4.19. The van der Waals surface area contributed by atoms with E-state index in [-0.39, 0.29) is 5.91 Å². The number of hydrogen-bond acceptors (Lipinski definition) is 4. The molecule has 1 aromatic heterocycles. The van der Waals surface area contributed by atoms with Crippen molar-refractivity contribution in [2.45, 2.75) is 39.2 Å². The van der Waals surface area contributed by atoms with E-state index in [1.165, 1.54) is 10.6 Å². The van der Waals surface area contributed by atoms with Crippen LogP contribution >= 0.6 is 0 Å². The third-order valence-electron chi connectivity index (χ3n) is 5.86. The van der Waals surface area contributed by atoms with Crippen LogP contribution in [0.2, 0.25) is 0 Å². The van der Waals surface area contributed by atoms with Gasteiger partial charge in [-0.3, -0.25) is 9.10 Å². The van der Waals surface area contributed by atoms with Gasteiger partial charge in [0.2, 0.25) is 10.0 Å². The summed E-state index contributed by atoms with van der Waals surface area (Å²) in [7, 11) is -1.51. The third-order valence-corrected chi connectivity index (χ3v) is 7.04. The molecular weight excluding hydrogens is 412 g/mol. The van der Waals surface area contributed by atoms with Crippen molar-refractivity contribution in [3.05, 3.63) is 64.9 Å². The lowest BCUT2D eigenvalue weighted by Crippen LogP contribution is -2.28. The Morgan fingerprint density at radius 2 is 1.97 bits per heavy atom. The van der Waals surface area contributed by atoms with Gasteiger partial charge in [0.1, 0.15) is 11.3 Å². The fourth-order valence-electron chi connectivity index (χ4n) is 4.24. The Hall–Kier alpha value is -2.80. The molecule has 0 unspecified atom stereocenters. The molecule has 6 nitrogen and oxygen atoms in total. The van der Waals surface area contributed by atoms with E-state index in [0.717, 1.165) is 47.1 Å². The highest BCUT2D eigenvalue weighted by Crippen LogP contribution is 2.32. The fraction of sp³-hybridized carbons (Fsp3) is 0.375. The van der Waals surface area contributed by atoms with Gasteiger partial charge in [-0.2, -0.15) is 0 Å². The van der Waals surface area contributed by atoms with Crippen LogP contribution in [0.15, 0.2) is 46.9 Å². The van der Waals surface area contributed by atoms with Crippen molar-refractivity contribution in [3.8, 4) is 0 Å². The number of fused-ring (bicyclic) bond motifs is 2. The van der Waals surface area contributed by atoms with Crippen molar-refractivity contribution in [1.82, 2.24) is 4.90 Å². The molecule has 0 saturated carbocycles. The summed E-state index contributed by atoms with van der Waals surface area (Å²) in [4.78, 5) is 14.9. The number of unbranched alkanes of at least 4 members (excludes halogenated alkanes) is 1. The Morgan fingerprint density at radius 3 is 2.71 bits per heavy atom. The number of carbonyl (C=O) groups is 1. The summed E-state index contributed by atoms with van der Waals surface area (Å²) >= 11 is 0. The number of aryl methyl sites for hydroxylation is 1. The molecule has 0 aliphatic carbocycles. The second-order valence-corrected chi connectivity index (χ2v) is 10.1. The summed E-state index contributed by atoms with van der Waals surface area (Å²) in [6, 6.07) is 13.2. The number of furan rings is 1. The minimum absolute atomic E-state index is 0.0904. The summed E-state index contributed by atoms with van der Waals surface area (Å²) in [5, 5.41) is 1.05. The summed E-state index contributed by atoms with van der Waals surface area (Å²) in [6.45, 7) is 3.03. The summed E-state index contributed by atoms with van der Waals surface area (Å²) < 4.78 is 31.4. The van der Waals surface area contributed by atoms with Crippen LogP contribution < -0.4 is 4.31 Å². The molecule has 7 heteroatoms. The fourth-order valence-corrected chi connectivity index (χ4v) is 5.20. The maximum Gasteiger partial charge on any atom is 0.253 e. The van der Waals surface area contributed by atoms with Crippen LogP contribution in [-0.4, -0.2) is 39.1 Å². The largest absolute Gasteiger partial charge is 0.461 e. The van der Waals surface area contributed by atoms with Gasteiger partial charge in [0.15, 0.2) is 0 Å². The first-order valence-electron chi connectivity index (χ1n) is 10.6. The van der Waals surface area contributed by atoms with Crippen molar-refractivity contribution < 1.29 is 17.6 Å². The molecule has 0 atom stereocenters. The van der Waals surface area contributed by atoms with E-state index >= 15 is 0 Å². The lowest BCUT2D eigenvalue weighted by molar-refractivity contribution is 0.0785. The summed E-state index contributed by atoms with van der Waals surface area (Å²) in [5.41, 5.74) is 4.04. The van der Waals surface area contributed by atoms with Gasteiger partial charge >= 0.3 is 0 Å². The van der Waals surface area contributed by atoms with Crippen LogP contribution in [0.25, 0.3) is 11.0 Å². The molecular formula is C24H28N2O4S. The maximum atomic E-state index is 13.2. The Morgan fingerprint density at radius 1 is 1.19 bits per heavy atom. The number of hydrogen-bond donors (Lipinski definition) is 0. The van der Waals surface area contributed by atoms with E-state index in [1.807, 2.05) is 30.3 Å². The van der Waals surface area contributed by atoms with E-state index in [4.69, 9.17) is 4.42 Å². The molecule has 2 aromatic carbocycles. The maximum absolute atomic E-state index is 13.2. The number of rotatable bonds is 7. The first-order chi connectivity index (χ1) is 14.8. The molecule has 1 aliphatic rings. The number of para-hydroxylation sites is 1. The number of amides is 1. The predicted molar refractivity (Wildman–Crippen MR) is 123 cm³/mol. The highest BCUT2D eigenvalue weighted by molar-refractivity contribution is 7.92. The lowest BCUT2D eigenvalue weighted by Gasteiger charge is -2.19. The second kappa shape index (κ2) is 8.38. The van der Waals surface area contributed by atoms with Crippen molar-refractivity contribution in [3.63, 3.8) is 0 Å². The van der Waals surface area contributed by atoms with Crippen LogP contribution in [0, 0.1) is 0 Å². The average molecular weight is 441 g/mol. The first-order valence-corrected chi connectivity index (χ1v) is 12.5. The zero-order valence-corrected chi connectivity index (χ0v) is 19.0. The van der Waals surface area contributed by atoms with Crippen LogP contribution in [0.1, 0.15) is 47.0 Å². The van der Waals surface area contributed by atoms with Crippen LogP contribution in [0.4, 0.5) is 5.69 Å². The SMILES string of the molecule is CCCCc1oc2ccccc2c1CN(C)C(=O)c1ccc2c(c1)CCN2S(C)(=O)=O. The van der Waals surface area contributed by atoms with Gasteiger partial charge in [0.25, 0.3) is 5.91 Å². The number of benzene rings is 2. The molecule has 0 spiro atoms. The Kier molecular flexibility index (Phi) is 5.79. The molecule has 0 saturated heterocycles. The van der Waals surface area contributed by atoms with E-state index in [1.54, 1.807) is 24.1 Å². The average Bonchev–Trinajstić information content (AvgIpc) is 3.32. The van der Waals surface area contributed by atoms with E-state index in [0.29, 0.717) is 30.8 Å². The molecule has 0 bridgehead atoms. The van der Waals surface area contributed by atoms with Crippen molar-refractivity contribution in [1.29, 1.82) is 0 Å². The number of carbonyl (C=O) groups excluding carboxylic acids is 1. The smallest absolute Gasteiger partial charge is 0.253 e. The second-order valence-electron chi connectivity index (χ2n) is 8.19. The van der Waals surface area contributed by atoms with Crippen LogP contribution in [-0.2, 0) is 29.4 Å². The van der Waals surface area contributed by atoms with Gasteiger partial charge in [0.05, 0.1) is 11.9 Å². The normalized spacial score (nSPS) is 13.6. The zero-order chi connectivity index (χ0) is 22.2. The number of anilines is 1. The minimum atomic E-state index is -3.31. The first kappa shape index (κ1) is 21.4. The lowest BCUT2D eigenvalue weighted by atomic mass is 10.1. The molecule has 0 radical (unpaired) electrons. The summed E-state index contributed by atoms with van der Waals surface area (Å²) in [5.74, 6) is 0.854. The van der Waals surface area contributed by atoms with Crippen LogP contribution in [0.3, 0.4) is 0 Å². The van der Waals surface area contributed by atoms with Gasteiger partial charge in [0, 0.05) is 43.1 Å². The van der Waals surface area contributed by atoms with E-state index < -0.39 is 10.0 Å². The van der Waals surface area contributed by atoms with Gasteiger partial charge in [-0.25, -0.2) is 8.42 Å². The standard InChI is InChI=1S/C24H28N2O4S/c1-4-5-9-23-20(19-8-6-7-10-22(19)30-23)16-25(2)24(27)18-11-12-21-17(15-18)13-14-26(21)31(3,28)29/h6-8,10-12,15H,4-5,9,13-14,16H2,1-3H3. The molecule has 1 aliphatic heterocycles. The molecule has 4 rings (SSSR count). The molecule has 0 N–H and O–H groups in total. The van der Waals surface area contributed by atoms with Crippen molar-refractivity contribution in [2.75, 3.05) is 24.2 Å². The minimum Gasteiger partial charge on any atom is -0.461 e. The number of nitrogens with zero attached hydrogens (tertiary/aromatic N) is 2. The molecule has 164 valence electrons. The van der Waals surface area contributed by atoms with Crippen molar-refractivity contribution in [2.24, 2.45) is 0 Å². The van der Waals surface area contributed by atoms with Gasteiger partial charge in [-0.1, -0.05) is 31.5 Å². The highest BCUT2D eigenvalue weighted by Gasteiger charge is 2.27. The molecule has 3 aromatic rings. The van der Waals surface area contributed by atoms with E-state index in [9.17, 15) is 13.2 Å². The van der Waals surface area contributed by atoms with Crippen LogP contribution in [0.5, 0.6) is 0 Å². The highest BCUT2D eigenvalue weighted by atomic mass is 32.2. The predicted octanol–water partition coefficient (Wildman–Crippen LogP) is 4.37. The quantitative estimate of drug-likeness (QED) is 0.547. The monoisotopic (exact) mass is 440 g/mol. The topological polar surface area (TPSA) is 70.8 Å². The van der Waals surface area contributed by atoms with Gasteiger partial charge in [-0.15, -0.1) is 0 Å². The number of sulfonamides is 1. The molecule has 31 heavy (non-hydrogen) atoms. The molecule has 1 amide bonds. The van der Waals surface area contributed by atoms with Gasteiger partial charge < -0.3 is 9.32 Å². The van der Waals surface area contributed by atoms with Gasteiger partial charge in [-0.05, 0) is 42.7 Å². The zero-order valence-electron chi connectivity index (χ0n) is 18.2. The Bertz CT molecular complexity index is 1230.